The van der Waals surface area contributed by atoms with Crippen molar-refractivity contribution in [2.24, 2.45) is 0 Å². The van der Waals surface area contributed by atoms with E-state index in [1.807, 2.05) is 59.5 Å². The van der Waals surface area contributed by atoms with Crippen molar-refractivity contribution in [1.82, 2.24) is 4.90 Å². The molecule has 0 bridgehead atoms. The molecule has 6 heteroatoms. The van der Waals surface area contributed by atoms with Gasteiger partial charge in [0.05, 0.1) is 25.4 Å². The molecule has 0 aromatic heterocycles. The smallest absolute Gasteiger partial charge is 0.260 e. The second-order valence-electron chi connectivity index (χ2n) is 7.75. The highest BCUT2D eigenvalue weighted by atomic mass is 16.5. The number of methoxy groups -OCH3 is 1. The summed E-state index contributed by atoms with van der Waals surface area (Å²) < 4.78 is 17.1. The zero-order chi connectivity index (χ0) is 20.1. The van der Waals surface area contributed by atoms with E-state index in [0.29, 0.717) is 19.7 Å². The normalized spacial score (nSPS) is 20.4. The molecule has 29 heavy (non-hydrogen) atoms. The van der Waals surface area contributed by atoms with Crippen molar-refractivity contribution in [3.8, 4) is 11.5 Å². The molecule has 1 atom stereocenters. The lowest BCUT2D eigenvalue weighted by Gasteiger charge is -2.38. The predicted molar refractivity (Wildman–Crippen MR) is 111 cm³/mol. The van der Waals surface area contributed by atoms with Gasteiger partial charge in [0.25, 0.3) is 5.91 Å². The number of piperidine rings is 1. The van der Waals surface area contributed by atoms with Gasteiger partial charge in [-0.05, 0) is 43.5 Å². The van der Waals surface area contributed by atoms with Crippen LogP contribution in [0, 0.1) is 0 Å². The molecule has 1 spiro atoms. The number of ether oxygens (including phenoxy) is 3. The van der Waals surface area contributed by atoms with Gasteiger partial charge in [-0.3, -0.25) is 4.79 Å². The van der Waals surface area contributed by atoms with Gasteiger partial charge in [0.15, 0.2) is 6.61 Å². The summed E-state index contributed by atoms with van der Waals surface area (Å²) in [6, 6.07) is 17.7. The highest BCUT2D eigenvalue weighted by Gasteiger charge is 2.43. The third-order valence-electron chi connectivity index (χ3n) is 5.78. The molecular formula is C23H28N2O4. The van der Waals surface area contributed by atoms with Gasteiger partial charge in [0.1, 0.15) is 11.5 Å². The molecule has 6 nitrogen and oxygen atoms in total. The third kappa shape index (κ3) is 4.82. The van der Waals surface area contributed by atoms with Gasteiger partial charge in [0.2, 0.25) is 0 Å². The highest BCUT2D eigenvalue weighted by molar-refractivity contribution is 5.77. The van der Waals surface area contributed by atoms with Gasteiger partial charge in [-0.2, -0.15) is 0 Å². The van der Waals surface area contributed by atoms with Crippen LogP contribution in [0.25, 0.3) is 0 Å². The Kier molecular flexibility index (Phi) is 5.90. The Bertz CT molecular complexity index is 819. The number of rotatable bonds is 6. The largest absolute Gasteiger partial charge is 0.497 e. The van der Waals surface area contributed by atoms with E-state index >= 15 is 0 Å². The molecule has 1 amide bonds. The number of carbonyl (C=O) groups excluding carboxylic acids is 1. The summed E-state index contributed by atoms with van der Waals surface area (Å²) in [4.78, 5) is 14.4. The van der Waals surface area contributed by atoms with E-state index in [2.05, 4.69) is 5.32 Å². The first-order valence-corrected chi connectivity index (χ1v) is 10.2. The van der Waals surface area contributed by atoms with E-state index in [9.17, 15) is 4.79 Å². The SMILES string of the molecule is COc1cccc(NC2COC3(CCN(C(=O)COc4ccccc4)CC3)C2)c1. The lowest BCUT2D eigenvalue weighted by molar-refractivity contribution is -0.138. The van der Waals surface area contributed by atoms with Crippen LogP contribution >= 0.6 is 0 Å². The first-order chi connectivity index (χ1) is 14.2. The van der Waals surface area contributed by atoms with E-state index < -0.39 is 0 Å². The van der Waals surface area contributed by atoms with Crippen molar-refractivity contribution in [2.45, 2.75) is 30.9 Å². The molecule has 0 radical (unpaired) electrons. The number of amides is 1. The van der Waals surface area contributed by atoms with Gasteiger partial charge in [-0.25, -0.2) is 0 Å². The number of hydrogen-bond donors (Lipinski definition) is 1. The summed E-state index contributed by atoms with van der Waals surface area (Å²) in [6.45, 7) is 2.19. The van der Waals surface area contributed by atoms with Crippen LogP contribution in [0.5, 0.6) is 11.5 Å². The molecule has 4 rings (SSSR count). The Morgan fingerprint density at radius 1 is 1.14 bits per heavy atom. The van der Waals surface area contributed by atoms with E-state index in [1.54, 1.807) is 7.11 Å². The van der Waals surface area contributed by atoms with Crippen molar-refractivity contribution in [2.75, 3.05) is 38.7 Å². The molecule has 0 aliphatic carbocycles. The molecule has 2 saturated heterocycles. The number of benzene rings is 2. The minimum atomic E-state index is -0.131. The molecule has 2 aliphatic heterocycles. The zero-order valence-corrected chi connectivity index (χ0v) is 16.8. The Morgan fingerprint density at radius 3 is 2.66 bits per heavy atom. The number of anilines is 1. The van der Waals surface area contributed by atoms with Crippen LogP contribution in [0.15, 0.2) is 54.6 Å². The summed E-state index contributed by atoms with van der Waals surface area (Å²) in [5, 5.41) is 3.55. The Morgan fingerprint density at radius 2 is 1.90 bits per heavy atom. The monoisotopic (exact) mass is 396 g/mol. The van der Waals surface area contributed by atoms with E-state index in [4.69, 9.17) is 14.2 Å². The summed E-state index contributed by atoms with van der Waals surface area (Å²) >= 11 is 0. The standard InChI is InChI=1S/C23H28N2O4/c1-27-21-9-5-6-18(14-21)24-19-15-23(29-16-19)10-12-25(13-11-23)22(26)17-28-20-7-3-2-4-8-20/h2-9,14,19,24H,10-13,15-17H2,1H3. The molecule has 2 heterocycles. The Balaban J connectivity index is 1.25. The van der Waals surface area contributed by atoms with Crippen molar-refractivity contribution >= 4 is 11.6 Å². The van der Waals surface area contributed by atoms with Crippen LogP contribution in [-0.2, 0) is 9.53 Å². The molecule has 2 fully saturated rings. The average Bonchev–Trinajstić information content (AvgIpc) is 3.15. The van der Waals surface area contributed by atoms with Crippen LogP contribution in [0.4, 0.5) is 5.69 Å². The molecule has 2 aromatic rings. The highest BCUT2D eigenvalue weighted by Crippen LogP contribution is 2.37. The van der Waals surface area contributed by atoms with Crippen LogP contribution < -0.4 is 14.8 Å². The van der Waals surface area contributed by atoms with E-state index in [0.717, 1.165) is 36.4 Å². The fourth-order valence-corrected chi connectivity index (χ4v) is 4.15. The maximum absolute atomic E-state index is 12.5. The van der Waals surface area contributed by atoms with Gasteiger partial charge < -0.3 is 24.4 Å². The van der Waals surface area contributed by atoms with Gasteiger partial charge >= 0.3 is 0 Å². The molecule has 0 saturated carbocycles. The van der Waals surface area contributed by atoms with Crippen LogP contribution in [0.1, 0.15) is 19.3 Å². The van der Waals surface area contributed by atoms with Crippen molar-refractivity contribution < 1.29 is 19.0 Å². The van der Waals surface area contributed by atoms with Crippen LogP contribution in [0.2, 0.25) is 0 Å². The molecule has 2 aliphatic rings. The number of likely N-dealkylation sites (tertiary alicyclic amines) is 1. The summed E-state index contributed by atoms with van der Waals surface area (Å²) in [5.41, 5.74) is 0.911. The van der Waals surface area contributed by atoms with Crippen molar-refractivity contribution in [1.29, 1.82) is 0 Å². The number of nitrogens with one attached hydrogen (secondary N) is 1. The lowest BCUT2D eigenvalue weighted by Crippen LogP contribution is -2.48. The molecule has 2 aromatic carbocycles. The lowest BCUT2D eigenvalue weighted by atomic mass is 9.87. The number of nitrogens with zero attached hydrogens (tertiary/aromatic N) is 1. The zero-order valence-electron chi connectivity index (χ0n) is 16.8. The fourth-order valence-electron chi connectivity index (χ4n) is 4.15. The maximum Gasteiger partial charge on any atom is 0.260 e. The van der Waals surface area contributed by atoms with Gasteiger partial charge in [0, 0.05) is 24.8 Å². The van der Waals surface area contributed by atoms with E-state index in [1.165, 1.54) is 0 Å². The number of hydrogen-bond acceptors (Lipinski definition) is 5. The summed E-state index contributed by atoms with van der Waals surface area (Å²) in [7, 11) is 1.67. The number of carbonyl (C=O) groups is 1. The molecule has 1 N–H and O–H groups in total. The topological polar surface area (TPSA) is 60.0 Å². The second-order valence-corrected chi connectivity index (χ2v) is 7.75. The fraction of sp³-hybridized carbons (Fsp3) is 0.435. The van der Waals surface area contributed by atoms with Gasteiger partial charge in [-0.15, -0.1) is 0 Å². The summed E-state index contributed by atoms with van der Waals surface area (Å²) in [6.07, 6.45) is 2.67. The molecule has 154 valence electrons. The first kappa shape index (κ1) is 19.6. The maximum atomic E-state index is 12.5. The van der Waals surface area contributed by atoms with E-state index in [-0.39, 0.29) is 24.2 Å². The van der Waals surface area contributed by atoms with Crippen molar-refractivity contribution in [3.05, 3.63) is 54.6 Å². The van der Waals surface area contributed by atoms with Crippen LogP contribution in [-0.4, -0.2) is 55.9 Å². The second kappa shape index (κ2) is 8.74. The molecule has 1 unspecified atom stereocenters. The Hall–Kier alpha value is -2.73. The quantitative estimate of drug-likeness (QED) is 0.812. The number of para-hydroxylation sites is 1. The van der Waals surface area contributed by atoms with Crippen LogP contribution in [0.3, 0.4) is 0 Å². The van der Waals surface area contributed by atoms with Gasteiger partial charge in [-0.1, -0.05) is 24.3 Å². The van der Waals surface area contributed by atoms with Crippen molar-refractivity contribution in [3.63, 3.8) is 0 Å². The minimum absolute atomic E-state index is 0.0350. The predicted octanol–water partition coefficient (Wildman–Crippen LogP) is 3.34. The minimum Gasteiger partial charge on any atom is -0.497 e. The first-order valence-electron chi connectivity index (χ1n) is 10.2. The average molecular weight is 396 g/mol. The third-order valence-corrected chi connectivity index (χ3v) is 5.78. The summed E-state index contributed by atoms with van der Waals surface area (Å²) in [5.74, 6) is 1.60. The Labute approximate surface area is 171 Å². The molecular weight excluding hydrogens is 368 g/mol.